The Labute approximate surface area is 332 Å². The summed E-state index contributed by atoms with van der Waals surface area (Å²) in [6.45, 7) is 10.3. The zero-order chi connectivity index (χ0) is 39.2. The first-order valence-electron chi connectivity index (χ1n) is 21.1. The van der Waals surface area contributed by atoms with Crippen LogP contribution in [0.5, 0.6) is 0 Å². The van der Waals surface area contributed by atoms with E-state index in [1.54, 1.807) is 16.2 Å². The van der Waals surface area contributed by atoms with Crippen molar-refractivity contribution in [2.45, 2.75) is 90.3 Å². The molecule has 1 spiro atoms. The third-order valence-corrected chi connectivity index (χ3v) is 14.4. The molecule has 2 atom stereocenters. The van der Waals surface area contributed by atoms with Crippen molar-refractivity contribution in [1.29, 1.82) is 0 Å². The van der Waals surface area contributed by atoms with Crippen molar-refractivity contribution >= 4 is 45.1 Å². The number of carbonyl (C=O) groups is 2. The fourth-order valence-corrected chi connectivity index (χ4v) is 10.8. The Morgan fingerprint density at radius 1 is 0.860 bits per heavy atom. The van der Waals surface area contributed by atoms with E-state index >= 15 is 0 Å². The van der Waals surface area contributed by atoms with Crippen molar-refractivity contribution in [3.63, 3.8) is 0 Å². The smallest absolute Gasteiger partial charge is 0.329 e. The number of benzene rings is 2. The number of aryl methyl sites for hydroxylation is 1. The number of rotatable bonds is 6. The highest BCUT2D eigenvalue weighted by Crippen LogP contribution is 2.44. The summed E-state index contributed by atoms with van der Waals surface area (Å²) in [6.07, 6.45) is 8.14. The number of H-pyrrole nitrogens is 2. The molecule has 57 heavy (non-hydrogen) atoms. The van der Waals surface area contributed by atoms with Crippen LogP contribution in [0.1, 0.15) is 82.5 Å². The minimum absolute atomic E-state index is 0.215. The van der Waals surface area contributed by atoms with Gasteiger partial charge in [0, 0.05) is 66.8 Å². The number of carbonyl (C=O) groups excluding carboxylic acids is 2. The highest BCUT2D eigenvalue weighted by Gasteiger charge is 2.48. The molecule has 4 fully saturated rings. The van der Waals surface area contributed by atoms with Gasteiger partial charge in [0.25, 0.3) is 0 Å². The van der Waals surface area contributed by atoms with Gasteiger partial charge >= 0.3 is 5.69 Å². The number of aliphatic hydroxyl groups excluding tert-OH is 1. The first-order valence-corrected chi connectivity index (χ1v) is 21.1. The van der Waals surface area contributed by atoms with Gasteiger partial charge < -0.3 is 30.1 Å². The zero-order valence-electron chi connectivity index (χ0n) is 33.4. The quantitative estimate of drug-likeness (QED) is 0.185. The standard InChI is InChI=1S/C44H55N9O4/c1-43(2)13-10-31-34(25-43)47-48-39(31)33-22-28-4-5-30(23-32(28)45-33)52-21-16-44(41(52)56)14-19-50(20-15-44)26-27-11-17-51(18-12-27)29-6-7-35-37(24-29)49(3)42(57)53(35)36-8-9-38(54)46-40(36)55/h4-7,22-24,27,36,38,45,54H,8-21,25-26H2,1-3H3,(H,46,55)(H,47,48). The molecule has 4 aliphatic heterocycles. The number of aromatic nitrogens is 5. The van der Waals surface area contributed by atoms with Crippen molar-refractivity contribution < 1.29 is 14.7 Å². The summed E-state index contributed by atoms with van der Waals surface area (Å²) in [7, 11) is 1.76. The molecule has 7 heterocycles. The summed E-state index contributed by atoms with van der Waals surface area (Å²) in [5, 5.41) is 21.6. The largest absolute Gasteiger partial charge is 0.374 e. The van der Waals surface area contributed by atoms with Crippen molar-refractivity contribution in [3.05, 3.63) is 64.2 Å². The van der Waals surface area contributed by atoms with Gasteiger partial charge in [-0.2, -0.15) is 5.10 Å². The van der Waals surface area contributed by atoms with Crippen LogP contribution in [0.15, 0.2) is 47.3 Å². The molecule has 13 heteroatoms. The van der Waals surface area contributed by atoms with Crippen LogP contribution in [0.25, 0.3) is 33.3 Å². The lowest BCUT2D eigenvalue weighted by Crippen LogP contribution is -2.47. The van der Waals surface area contributed by atoms with Gasteiger partial charge in [0.2, 0.25) is 11.8 Å². The molecule has 0 saturated carbocycles. The Morgan fingerprint density at radius 2 is 1.63 bits per heavy atom. The van der Waals surface area contributed by atoms with E-state index in [0.29, 0.717) is 24.2 Å². The molecule has 2 amide bonds. The molecule has 3 aromatic heterocycles. The van der Waals surface area contributed by atoms with Crippen LogP contribution in [0, 0.1) is 16.7 Å². The molecule has 5 aliphatic rings. The lowest BCUT2D eigenvalue weighted by Gasteiger charge is -2.41. The molecular weight excluding hydrogens is 719 g/mol. The summed E-state index contributed by atoms with van der Waals surface area (Å²) >= 11 is 0. The minimum atomic E-state index is -0.859. The van der Waals surface area contributed by atoms with Crippen molar-refractivity contribution in [3.8, 4) is 11.4 Å². The Hall–Kier alpha value is -4.88. The predicted octanol–water partition coefficient (Wildman–Crippen LogP) is 5.23. The fourth-order valence-electron chi connectivity index (χ4n) is 10.8. The first-order chi connectivity index (χ1) is 27.4. The fraction of sp³-hybridized carbons (Fsp3) is 0.545. The van der Waals surface area contributed by atoms with Crippen LogP contribution in [-0.4, -0.2) is 91.6 Å². The molecule has 4 N–H and O–H groups in total. The average molecular weight is 774 g/mol. The predicted molar refractivity (Wildman–Crippen MR) is 221 cm³/mol. The van der Waals surface area contributed by atoms with Gasteiger partial charge in [-0.05, 0) is 125 Å². The van der Waals surface area contributed by atoms with Crippen LogP contribution in [0.3, 0.4) is 0 Å². The Kier molecular flexibility index (Phi) is 8.71. The van der Waals surface area contributed by atoms with E-state index in [9.17, 15) is 19.5 Å². The monoisotopic (exact) mass is 773 g/mol. The van der Waals surface area contributed by atoms with Gasteiger partial charge in [0.15, 0.2) is 0 Å². The van der Waals surface area contributed by atoms with Crippen LogP contribution >= 0.6 is 0 Å². The summed E-state index contributed by atoms with van der Waals surface area (Å²) in [6, 6.07) is 14.1. The Morgan fingerprint density at radius 3 is 2.42 bits per heavy atom. The molecule has 1 aliphatic carbocycles. The molecule has 2 aromatic carbocycles. The zero-order valence-corrected chi connectivity index (χ0v) is 33.4. The van der Waals surface area contributed by atoms with Crippen LogP contribution in [0.4, 0.5) is 11.4 Å². The first kappa shape index (κ1) is 36.5. The van der Waals surface area contributed by atoms with E-state index in [2.05, 4.69) is 75.4 Å². The maximum absolute atomic E-state index is 14.2. The van der Waals surface area contributed by atoms with E-state index in [1.807, 2.05) is 11.0 Å². The number of piperidine rings is 3. The van der Waals surface area contributed by atoms with Crippen LogP contribution in [0.2, 0.25) is 0 Å². The number of hydrogen-bond donors (Lipinski definition) is 4. The maximum Gasteiger partial charge on any atom is 0.329 e. The number of hydrogen-bond acceptors (Lipinski definition) is 7. The molecule has 0 bridgehead atoms. The minimum Gasteiger partial charge on any atom is -0.374 e. The van der Waals surface area contributed by atoms with Crippen molar-refractivity contribution in [1.82, 2.24) is 34.5 Å². The molecule has 13 nitrogen and oxygen atoms in total. The number of fused-ring (bicyclic) bond motifs is 3. The van der Waals surface area contributed by atoms with Gasteiger partial charge in [0.1, 0.15) is 18.0 Å². The number of aliphatic hydroxyl groups is 1. The Bertz CT molecular complexity index is 2440. The van der Waals surface area contributed by atoms with Gasteiger partial charge in [-0.1, -0.05) is 19.9 Å². The average Bonchev–Trinajstić information content (AvgIpc) is 3.95. The van der Waals surface area contributed by atoms with E-state index in [4.69, 9.17) is 5.10 Å². The third kappa shape index (κ3) is 6.28. The second kappa shape index (κ2) is 13.6. The molecule has 10 rings (SSSR count). The van der Waals surface area contributed by atoms with Crippen molar-refractivity contribution in [2.24, 2.45) is 23.8 Å². The molecule has 2 unspecified atom stereocenters. The summed E-state index contributed by atoms with van der Waals surface area (Å²) in [5.74, 6) is 0.580. The maximum atomic E-state index is 14.2. The lowest BCUT2D eigenvalue weighted by molar-refractivity contribution is -0.130. The number of nitrogens with zero attached hydrogens (tertiary/aromatic N) is 6. The number of amides is 2. The van der Waals surface area contributed by atoms with E-state index < -0.39 is 12.3 Å². The van der Waals surface area contributed by atoms with E-state index in [0.717, 1.165) is 135 Å². The van der Waals surface area contributed by atoms with Gasteiger partial charge in [0.05, 0.1) is 22.1 Å². The third-order valence-electron chi connectivity index (χ3n) is 14.4. The van der Waals surface area contributed by atoms with E-state index in [-0.39, 0.29) is 22.9 Å². The summed E-state index contributed by atoms with van der Waals surface area (Å²) < 4.78 is 3.21. The number of anilines is 2. The molecule has 300 valence electrons. The SMILES string of the molecule is Cn1c(=O)n(C2CCC(O)NC2=O)c2ccc(N3CCC(CN4CCC5(CC4)CCN(c4ccc6cc(-c7n[nH]c8c7CCC(C)(C)C8)[nH]c6c4)C5=O)CC3)cc21. The topological polar surface area (TPSA) is 148 Å². The van der Waals surface area contributed by atoms with Crippen LogP contribution in [-0.2, 0) is 29.5 Å². The van der Waals surface area contributed by atoms with E-state index in [1.165, 1.54) is 11.3 Å². The van der Waals surface area contributed by atoms with Gasteiger partial charge in [-0.25, -0.2) is 4.79 Å². The molecule has 5 aromatic rings. The van der Waals surface area contributed by atoms with Gasteiger partial charge in [-0.3, -0.25) is 23.8 Å². The molecular formula is C44H55N9O4. The molecule has 4 saturated heterocycles. The Balaban J connectivity index is 0.745. The lowest BCUT2D eigenvalue weighted by atomic mass is 9.76. The summed E-state index contributed by atoms with van der Waals surface area (Å²) in [5.41, 5.74) is 9.15. The second-order valence-electron chi connectivity index (χ2n) is 18.5. The summed E-state index contributed by atoms with van der Waals surface area (Å²) in [4.78, 5) is 50.8. The van der Waals surface area contributed by atoms with Crippen LogP contribution < -0.4 is 20.8 Å². The normalized spacial score (nSPS) is 24.2. The highest BCUT2D eigenvalue weighted by atomic mass is 16.3. The number of likely N-dealkylation sites (tertiary alicyclic amines) is 1. The van der Waals surface area contributed by atoms with Gasteiger partial charge in [-0.15, -0.1) is 0 Å². The molecule has 0 radical (unpaired) electrons. The highest BCUT2D eigenvalue weighted by molar-refractivity contribution is 6.01. The number of nitrogens with one attached hydrogen (secondary N) is 3. The second-order valence-corrected chi connectivity index (χ2v) is 18.5. The number of imidazole rings is 1. The van der Waals surface area contributed by atoms with Crippen molar-refractivity contribution in [2.75, 3.05) is 49.1 Å². The number of aromatic amines is 2.